The van der Waals surface area contributed by atoms with E-state index < -0.39 is 0 Å². The lowest BCUT2D eigenvalue weighted by Gasteiger charge is -2.38. The van der Waals surface area contributed by atoms with Gasteiger partial charge in [-0.05, 0) is 78.1 Å². The normalized spacial score (nSPS) is 18.4. The van der Waals surface area contributed by atoms with Crippen LogP contribution in [0.1, 0.15) is 375 Å². The minimum Gasteiger partial charge on any atom is -0.496 e. The second kappa shape index (κ2) is 42.2. The van der Waals surface area contributed by atoms with Crippen LogP contribution in [0.2, 0.25) is 0 Å². The number of hydrogen-bond donors (Lipinski definition) is 0. The Labute approximate surface area is 609 Å². The predicted octanol–water partition coefficient (Wildman–Crippen LogP) is 23.4. The van der Waals surface area contributed by atoms with Crippen LogP contribution >= 0.6 is 0 Å². The predicted molar refractivity (Wildman–Crippen MR) is 415 cm³/mol. The zero-order valence-corrected chi connectivity index (χ0v) is 65.6. The largest absolute Gasteiger partial charge is 0.496 e. The number of fused-ring (bicyclic) bond motifs is 16. The summed E-state index contributed by atoms with van der Waals surface area (Å²) in [6, 6.07) is 10.4. The third kappa shape index (κ3) is 20.8. The summed E-state index contributed by atoms with van der Waals surface area (Å²) in [4.78, 5) is 9.29. The van der Waals surface area contributed by atoms with E-state index in [1.165, 1.54) is 250 Å². The zero-order valence-electron chi connectivity index (χ0n) is 65.6. The molecule has 0 saturated carbocycles. The molecule has 4 unspecified atom stereocenters. The number of ether oxygens (including phenoxy) is 8. The molecule has 5 aliphatic rings. The highest BCUT2D eigenvalue weighted by Gasteiger charge is 2.41. The number of methoxy groups -OCH3 is 4. The molecular weight excluding hydrogens is 1240 g/mol. The van der Waals surface area contributed by atoms with E-state index in [0.717, 1.165) is 120 Å². The van der Waals surface area contributed by atoms with Crippen molar-refractivity contribution in [2.45, 2.75) is 334 Å². The molecule has 0 saturated heterocycles. The molecule has 0 radical (unpaired) electrons. The molecule has 4 aliphatic heterocycles. The minimum absolute atomic E-state index is 0.0822. The first kappa shape index (κ1) is 79.2. The van der Waals surface area contributed by atoms with E-state index in [1.807, 2.05) is 28.4 Å². The lowest BCUT2D eigenvalue weighted by atomic mass is 9.74. The second-order valence-corrected chi connectivity index (χ2v) is 31.4. The van der Waals surface area contributed by atoms with Crippen LogP contribution in [-0.2, 0) is 26.2 Å². The Morgan fingerprint density at radius 3 is 0.600 bits per heavy atom. The van der Waals surface area contributed by atoms with Gasteiger partial charge in [0.15, 0.2) is 0 Å². The summed E-state index contributed by atoms with van der Waals surface area (Å²) in [5, 5.41) is 0. The SMILES string of the molecule is CCCCCCCCCCCC1c2cc(c3c(c2OC)CN(C)CO3)C(CCCCCCCCCCC)c2cc(c3c(c2OC)CN(C)CO3)C(CCCCCCCCCCC)c2cc(c3c(c2OC)CN(C)CO3)C(CCCCCCCCCCC)c2cc1c1c(c2OC)CN(C)CO1. The van der Waals surface area contributed by atoms with E-state index in [-0.39, 0.29) is 23.7 Å². The Morgan fingerprint density at radius 1 is 0.260 bits per heavy atom. The van der Waals surface area contributed by atoms with E-state index >= 15 is 0 Å². The van der Waals surface area contributed by atoms with Crippen molar-refractivity contribution in [2.24, 2.45) is 0 Å². The van der Waals surface area contributed by atoms with E-state index in [1.54, 1.807) is 0 Å². The number of benzene rings is 4. The standard InChI is InChI=1S/C88H140N4O8/c1-13-17-21-25-29-33-37-41-45-49-65-69-53-74(86-77(81(69)93-9)57-89(5)62-98-86)67(51-47-43-39-35-31-27-23-19-15-3)71-55-76(88-79(83(71)95-11)59-91(7)64-100-88)68(52-48-44-40-36-32-28-24-20-16-4)72-56-75(87-80(84(72)96-12)60-92(8)63-99-87)66(50-46-42-38-34-30-26-22-18-14-2)70-54-73(65)85-78(82(70)94-10)58-90(6)61-97-85/h53-56,65-68H,13-52,57-64H2,1-12H3. The van der Waals surface area contributed by atoms with Gasteiger partial charge in [-0.15, -0.1) is 0 Å². The first-order valence-electron chi connectivity index (χ1n) is 41.2. The van der Waals surface area contributed by atoms with Gasteiger partial charge in [-0.1, -0.05) is 259 Å². The van der Waals surface area contributed by atoms with Crippen LogP contribution in [0, 0.1) is 0 Å². The molecule has 0 amide bonds. The summed E-state index contributed by atoms with van der Waals surface area (Å²) in [6.45, 7) is 14.1. The molecule has 0 aromatic heterocycles. The average Bonchev–Trinajstić information content (AvgIpc) is 0.729. The van der Waals surface area contributed by atoms with Crippen molar-refractivity contribution in [3.8, 4) is 46.0 Å². The average molecular weight is 1380 g/mol. The molecule has 4 aromatic carbocycles. The fourth-order valence-electron chi connectivity index (χ4n) is 17.8. The molecule has 0 N–H and O–H groups in total. The van der Waals surface area contributed by atoms with Crippen molar-refractivity contribution in [1.29, 1.82) is 0 Å². The van der Waals surface area contributed by atoms with Gasteiger partial charge in [-0.25, -0.2) is 0 Å². The van der Waals surface area contributed by atoms with E-state index in [0.29, 0.717) is 53.1 Å². The molecule has 4 heterocycles. The fraction of sp³-hybridized carbons (Fsp3) is 0.727. The Hall–Kier alpha value is -4.88. The molecule has 8 bridgehead atoms. The first-order chi connectivity index (χ1) is 49.0. The second-order valence-electron chi connectivity index (χ2n) is 31.4. The highest BCUT2D eigenvalue weighted by Crippen LogP contribution is 2.58. The maximum atomic E-state index is 7.31. The van der Waals surface area contributed by atoms with Crippen molar-refractivity contribution in [2.75, 3.05) is 83.6 Å². The molecule has 12 nitrogen and oxygen atoms in total. The van der Waals surface area contributed by atoms with Crippen molar-refractivity contribution in [3.05, 3.63) is 91.0 Å². The highest BCUT2D eigenvalue weighted by molar-refractivity contribution is 5.69. The molecule has 9 rings (SSSR count). The summed E-state index contributed by atoms with van der Waals surface area (Å²) in [7, 11) is 16.5. The van der Waals surface area contributed by atoms with Crippen LogP contribution in [0.5, 0.6) is 46.0 Å². The van der Waals surface area contributed by atoms with Crippen molar-refractivity contribution in [1.82, 2.24) is 19.6 Å². The molecule has 0 fully saturated rings. The summed E-state index contributed by atoms with van der Waals surface area (Å²) >= 11 is 0. The quantitative estimate of drug-likeness (QED) is 0.0395. The van der Waals surface area contributed by atoms with Crippen LogP contribution in [0.4, 0.5) is 0 Å². The molecular formula is C88H140N4O8. The van der Waals surface area contributed by atoms with E-state index in [4.69, 9.17) is 37.9 Å². The monoisotopic (exact) mass is 1380 g/mol. The zero-order chi connectivity index (χ0) is 70.6. The number of hydrogen-bond acceptors (Lipinski definition) is 12. The van der Waals surface area contributed by atoms with Gasteiger partial charge in [-0.2, -0.15) is 0 Å². The molecule has 1 aliphatic carbocycles. The van der Waals surface area contributed by atoms with Gasteiger partial charge in [0.2, 0.25) is 0 Å². The van der Waals surface area contributed by atoms with Crippen molar-refractivity contribution in [3.63, 3.8) is 0 Å². The molecule has 0 spiro atoms. The summed E-state index contributed by atoms with van der Waals surface area (Å²) < 4.78 is 57.4. The van der Waals surface area contributed by atoms with Crippen LogP contribution in [0.3, 0.4) is 0 Å². The summed E-state index contributed by atoms with van der Waals surface area (Å²) in [5.41, 5.74) is 14.5. The number of nitrogens with zero attached hydrogens (tertiary/aromatic N) is 4. The summed E-state index contributed by atoms with van der Waals surface area (Å²) in [5.74, 6) is 7.36. The van der Waals surface area contributed by atoms with Crippen LogP contribution < -0.4 is 37.9 Å². The van der Waals surface area contributed by atoms with E-state index in [9.17, 15) is 0 Å². The van der Waals surface area contributed by atoms with Crippen LogP contribution in [0.25, 0.3) is 0 Å². The first-order valence-corrected chi connectivity index (χ1v) is 41.2. The molecule has 100 heavy (non-hydrogen) atoms. The lowest BCUT2D eigenvalue weighted by molar-refractivity contribution is 0.116. The van der Waals surface area contributed by atoms with Gasteiger partial charge in [0, 0.05) is 94.4 Å². The Balaban J connectivity index is 1.36. The Morgan fingerprint density at radius 2 is 0.430 bits per heavy atom. The maximum absolute atomic E-state index is 7.31. The molecule has 12 heteroatoms. The van der Waals surface area contributed by atoms with Gasteiger partial charge >= 0.3 is 0 Å². The number of unbranched alkanes of at least 4 members (excludes halogenated alkanes) is 32. The third-order valence-corrected chi connectivity index (χ3v) is 23.2. The van der Waals surface area contributed by atoms with Gasteiger partial charge in [0.25, 0.3) is 0 Å². The highest BCUT2D eigenvalue weighted by atomic mass is 16.5. The van der Waals surface area contributed by atoms with Gasteiger partial charge in [0.05, 0.1) is 50.7 Å². The molecule has 4 aromatic rings. The maximum Gasteiger partial charge on any atom is 0.142 e. The minimum atomic E-state index is -0.0822. The number of rotatable bonds is 44. The fourth-order valence-corrected chi connectivity index (χ4v) is 17.8. The van der Waals surface area contributed by atoms with Gasteiger partial charge in [0.1, 0.15) is 72.9 Å². The van der Waals surface area contributed by atoms with Crippen molar-refractivity contribution < 1.29 is 37.9 Å². The third-order valence-electron chi connectivity index (χ3n) is 23.2. The Kier molecular flexibility index (Phi) is 33.4. The van der Waals surface area contributed by atoms with Crippen LogP contribution in [-0.4, -0.2) is 103 Å². The van der Waals surface area contributed by atoms with Gasteiger partial charge in [-0.3, -0.25) is 19.6 Å². The topological polar surface area (TPSA) is 86.8 Å². The Bertz CT molecular complexity index is 2600. The summed E-state index contributed by atoms with van der Waals surface area (Å²) in [6.07, 6.45) is 49.2. The molecule has 560 valence electrons. The van der Waals surface area contributed by atoms with E-state index in [2.05, 4.69) is 99.8 Å². The van der Waals surface area contributed by atoms with Crippen molar-refractivity contribution >= 4 is 0 Å². The lowest BCUT2D eigenvalue weighted by Crippen LogP contribution is -2.32. The smallest absolute Gasteiger partial charge is 0.142 e. The van der Waals surface area contributed by atoms with Gasteiger partial charge < -0.3 is 37.9 Å². The molecule has 4 atom stereocenters. The van der Waals surface area contributed by atoms with Crippen LogP contribution in [0.15, 0.2) is 24.3 Å².